The number of carbonyl (C=O) groups is 1. The molecular weight excluding hydrogens is 404 g/mol. The molecular formula is C21H24N4O4S. The Hall–Kier alpha value is -2.91. The van der Waals surface area contributed by atoms with Gasteiger partial charge in [0.2, 0.25) is 10.0 Å². The van der Waals surface area contributed by atoms with Crippen LogP contribution in [0.5, 0.6) is 0 Å². The van der Waals surface area contributed by atoms with Crippen molar-refractivity contribution in [3.63, 3.8) is 0 Å². The highest BCUT2D eigenvalue weighted by Crippen LogP contribution is 2.23. The SMILES string of the molecule is Cc1ccc(-c2cc(C(=O)N3CCN(S(=O)(=O)c4ccc(C)c(C)c4)CC3)n[nH]2)o1. The summed E-state index contributed by atoms with van der Waals surface area (Å²) in [6.45, 7) is 6.80. The van der Waals surface area contributed by atoms with E-state index in [1.165, 1.54) is 4.31 Å². The molecule has 1 saturated heterocycles. The number of rotatable bonds is 4. The Morgan fingerprint density at radius 2 is 1.73 bits per heavy atom. The van der Waals surface area contributed by atoms with Crippen molar-refractivity contribution < 1.29 is 17.6 Å². The maximum atomic E-state index is 13.0. The molecule has 3 aromatic rings. The van der Waals surface area contributed by atoms with Gasteiger partial charge in [-0.25, -0.2) is 8.42 Å². The zero-order valence-corrected chi connectivity index (χ0v) is 18.0. The highest BCUT2D eigenvalue weighted by atomic mass is 32.2. The molecule has 1 N–H and O–H groups in total. The van der Waals surface area contributed by atoms with Crippen molar-refractivity contribution in [3.05, 3.63) is 59.0 Å². The van der Waals surface area contributed by atoms with Gasteiger partial charge >= 0.3 is 0 Å². The van der Waals surface area contributed by atoms with E-state index in [1.54, 1.807) is 23.1 Å². The highest BCUT2D eigenvalue weighted by Gasteiger charge is 2.31. The minimum atomic E-state index is -3.58. The third kappa shape index (κ3) is 3.78. The Morgan fingerprint density at radius 3 is 2.37 bits per heavy atom. The second-order valence-electron chi connectivity index (χ2n) is 7.52. The number of aromatic amines is 1. The zero-order valence-electron chi connectivity index (χ0n) is 17.2. The second-order valence-corrected chi connectivity index (χ2v) is 9.46. The van der Waals surface area contributed by atoms with E-state index in [4.69, 9.17) is 4.42 Å². The summed E-state index contributed by atoms with van der Waals surface area (Å²) < 4.78 is 32.9. The van der Waals surface area contributed by atoms with E-state index in [2.05, 4.69) is 10.2 Å². The van der Waals surface area contributed by atoms with Crippen molar-refractivity contribution in [1.29, 1.82) is 0 Å². The van der Waals surface area contributed by atoms with Crippen molar-refractivity contribution in [2.24, 2.45) is 0 Å². The normalized spacial score (nSPS) is 15.5. The number of carbonyl (C=O) groups excluding carboxylic acids is 1. The van der Waals surface area contributed by atoms with E-state index >= 15 is 0 Å². The molecule has 0 saturated carbocycles. The molecule has 0 spiro atoms. The third-order valence-corrected chi connectivity index (χ3v) is 7.34. The Labute approximate surface area is 175 Å². The van der Waals surface area contributed by atoms with E-state index in [0.29, 0.717) is 24.5 Å². The predicted octanol–water partition coefficient (Wildman–Crippen LogP) is 2.74. The van der Waals surface area contributed by atoms with E-state index < -0.39 is 10.0 Å². The quantitative estimate of drug-likeness (QED) is 0.689. The zero-order chi connectivity index (χ0) is 21.5. The van der Waals surface area contributed by atoms with Crippen LogP contribution >= 0.6 is 0 Å². The number of piperazine rings is 1. The Bertz CT molecular complexity index is 1190. The summed E-state index contributed by atoms with van der Waals surface area (Å²) in [6.07, 6.45) is 0. The van der Waals surface area contributed by atoms with E-state index in [-0.39, 0.29) is 29.6 Å². The van der Waals surface area contributed by atoms with E-state index in [0.717, 1.165) is 16.9 Å². The van der Waals surface area contributed by atoms with Gasteiger partial charge in [0.05, 0.1) is 4.90 Å². The largest absolute Gasteiger partial charge is 0.460 e. The first kappa shape index (κ1) is 20.4. The van der Waals surface area contributed by atoms with Gasteiger partial charge < -0.3 is 9.32 Å². The molecule has 0 bridgehead atoms. The first-order valence-electron chi connectivity index (χ1n) is 9.74. The van der Waals surface area contributed by atoms with Crippen LogP contribution in [-0.4, -0.2) is 59.9 Å². The lowest BCUT2D eigenvalue weighted by Gasteiger charge is -2.33. The maximum absolute atomic E-state index is 13.0. The van der Waals surface area contributed by atoms with Crippen molar-refractivity contribution in [2.45, 2.75) is 25.7 Å². The number of sulfonamides is 1. The molecule has 2 aromatic heterocycles. The number of H-pyrrole nitrogens is 1. The fourth-order valence-corrected chi connectivity index (χ4v) is 4.96. The van der Waals surface area contributed by atoms with Gasteiger partial charge in [-0.1, -0.05) is 6.07 Å². The van der Waals surface area contributed by atoms with Gasteiger partial charge in [-0.2, -0.15) is 9.40 Å². The van der Waals surface area contributed by atoms with Crippen molar-refractivity contribution in [1.82, 2.24) is 19.4 Å². The Kier molecular flexibility index (Phi) is 5.25. The Morgan fingerprint density at radius 1 is 1.00 bits per heavy atom. The van der Waals surface area contributed by atoms with Gasteiger partial charge in [0.25, 0.3) is 5.91 Å². The number of nitrogens with zero attached hydrogens (tertiary/aromatic N) is 3. The summed E-state index contributed by atoms with van der Waals surface area (Å²) >= 11 is 0. The molecule has 1 aromatic carbocycles. The summed E-state index contributed by atoms with van der Waals surface area (Å²) in [7, 11) is -3.58. The minimum absolute atomic E-state index is 0.232. The van der Waals surface area contributed by atoms with Gasteiger partial charge in [-0.3, -0.25) is 9.89 Å². The number of aromatic nitrogens is 2. The molecule has 1 fully saturated rings. The van der Waals surface area contributed by atoms with Crippen LogP contribution in [0.15, 0.2) is 45.7 Å². The van der Waals surface area contributed by atoms with Gasteiger partial charge in [0, 0.05) is 32.2 Å². The molecule has 1 aliphatic rings. The average Bonchev–Trinajstić information content (AvgIpc) is 3.38. The van der Waals surface area contributed by atoms with Gasteiger partial charge in [-0.05, 0) is 56.2 Å². The number of hydrogen-bond donors (Lipinski definition) is 1. The van der Waals surface area contributed by atoms with Crippen molar-refractivity contribution in [3.8, 4) is 11.5 Å². The van der Waals surface area contributed by atoms with Gasteiger partial charge in [0.1, 0.15) is 11.5 Å². The predicted molar refractivity (Wildman–Crippen MR) is 112 cm³/mol. The highest BCUT2D eigenvalue weighted by molar-refractivity contribution is 7.89. The monoisotopic (exact) mass is 428 g/mol. The number of amides is 1. The molecule has 0 radical (unpaired) electrons. The lowest BCUT2D eigenvalue weighted by molar-refractivity contribution is 0.0692. The van der Waals surface area contributed by atoms with Crippen LogP contribution in [0.25, 0.3) is 11.5 Å². The lowest BCUT2D eigenvalue weighted by Crippen LogP contribution is -2.50. The van der Waals surface area contributed by atoms with E-state index in [1.807, 2.05) is 39.0 Å². The number of nitrogens with one attached hydrogen (secondary N) is 1. The van der Waals surface area contributed by atoms with Crippen LogP contribution in [0, 0.1) is 20.8 Å². The van der Waals surface area contributed by atoms with Crippen LogP contribution in [0.1, 0.15) is 27.4 Å². The summed E-state index contributed by atoms with van der Waals surface area (Å²) in [5.41, 5.74) is 2.89. The molecule has 3 heterocycles. The molecule has 0 aliphatic carbocycles. The van der Waals surface area contributed by atoms with Gasteiger partial charge in [0.15, 0.2) is 11.5 Å². The molecule has 8 nitrogen and oxygen atoms in total. The molecule has 0 unspecified atom stereocenters. The third-order valence-electron chi connectivity index (χ3n) is 5.44. The summed E-state index contributed by atoms with van der Waals surface area (Å²) in [6, 6.07) is 10.5. The summed E-state index contributed by atoms with van der Waals surface area (Å²) in [5, 5.41) is 6.92. The second kappa shape index (κ2) is 7.73. The van der Waals surface area contributed by atoms with Crippen LogP contribution in [0.3, 0.4) is 0 Å². The molecule has 0 atom stereocenters. The molecule has 1 aliphatic heterocycles. The number of benzene rings is 1. The summed E-state index contributed by atoms with van der Waals surface area (Å²) in [4.78, 5) is 14.7. The van der Waals surface area contributed by atoms with Crippen LogP contribution in [0.4, 0.5) is 0 Å². The lowest BCUT2D eigenvalue weighted by atomic mass is 10.1. The minimum Gasteiger partial charge on any atom is -0.460 e. The maximum Gasteiger partial charge on any atom is 0.274 e. The van der Waals surface area contributed by atoms with Crippen LogP contribution in [-0.2, 0) is 10.0 Å². The van der Waals surface area contributed by atoms with Crippen molar-refractivity contribution in [2.75, 3.05) is 26.2 Å². The fraction of sp³-hybridized carbons (Fsp3) is 0.333. The van der Waals surface area contributed by atoms with E-state index in [9.17, 15) is 13.2 Å². The topological polar surface area (TPSA) is 99.5 Å². The molecule has 9 heteroatoms. The molecule has 158 valence electrons. The number of aryl methyl sites for hydroxylation is 3. The first-order valence-corrected chi connectivity index (χ1v) is 11.2. The standard InChI is InChI=1S/C21H24N4O4S/c1-14-4-6-17(12-15(14)2)30(27,28)25-10-8-24(9-11-25)21(26)19-13-18(22-23-19)20-7-5-16(3)29-20/h4-7,12-13H,8-11H2,1-3H3,(H,22,23). The van der Waals surface area contributed by atoms with Crippen molar-refractivity contribution >= 4 is 15.9 Å². The first-order chi connectivity index (χ1) is 14.3. The molecule has 1 amide bonds. The smallest absolute Gasteiger partial charge is 0.274 e. The molecule has 30 heavy (non-hydrogen) atoms. The number of furan rings is 1. The average molecular weight is 429 g/mol. The molecule has 4 rings (SSSR count). The fourth-order valence-electron chi connectivity index (χ4n) is 3.45. The summed E-state index contributed by atoms with van der Waals surface area (Å²) in [5.74, 6) is 1.15. The van der Waals surface area contributed by atoms with Crippen LogP contribution < -0.4 is 0 Å². The van der Waals surface area contributed by atoms with Gasteiger partial charge in [-0.15, -0.1) is 0 Å². The van der Waals surface area contributed by atoms with Crippen LogP contribution in [0.2, 0.25) is 0 Å². The number of hydrogen-bond acceptors (Lipinski definition) is 5. The Balaban J connectivity index is 1.43.